The number of nitrogens with two attached hydrogens (primary N) is 1. The summed E-state index contributed by atoms with van der Waals surface area (Å²) in [5.74, 6) is -0.293. The predicted octanol–water partition coefficient (Wildman–Crippen LogP) is 4.77. The van der Waals surface area contributed by atoms with E-state index < -0.39 is 0 Å². The molecule has 3 nitrogen and oxygen atoms in total. The fraction of sp³-hybridized carbons (Fsp3) is 0.0625. The van der Waals surface area contributed by atoms with Crippen molar-refractivity contribution in [2.24, 2.45) is 0 Å². The fourth-order valence-corrected chi connectivity index (χ4v) is 2.56. The number of rotatable bonds is 2. The SMILES string of the molecule is Cc1cc2c(Nc3cc(F)ccc3Br)ccc(N)c2cn1. The van der Waals surface area contributed by atoms with Gasteiger partial charge in [0.05, 0.1) is 5.69 Å². The molecule has 0 saturated carbocycles. The zero-order chi connectivity index (χ0) is 15.0. The maximum absolute atomic E-state index is 13.4. The van der Waals surface area contributed by atoms with Gasteiger partial charge in [-0.05, 0) is 59.3 Å². The molecule has 0 amide bonds. The van der Waals surface area contributed by atoms with Crippen LogP contribution in [0.15, 0.2) is 47.1 Å². The first kappa shape index (κ1) is 13.8. The number of halogens is 2. The molecule has 3 rings (SSSR count). The third kappa shape index (κ3) is 2.69. The Hall–Kier alpha value is -2.14. The van der Waals surface area contributed by atoms with Crippen molar-refractivity contribution >= 4 is 43.8 Å². The third-order valence-corrected chi connectivity index (χ3v) is 3.96. The summed E-state index contributed by atoms with van der Waals surface area (Å²) >= 11 is 3.41. The van der Waals surface area contributed by atoms with Crippen LogP contribution < -0.4 is 11.1 Å². The summed E-state index contributed by atoms with van der Waals surface area (Å²) in [6, 6.07) is 10.2. The van der Waals surface area contributed by atoms with Gasteiger partial charge in [0.25, 0.3) is 0 Å². The quantitative estimate of drug-likeness (QED) is 0.657. The Kier molecular flexibility index (Phi) is 3.51. The predicted molar refractivity (Wildman–Crippen MR) is 88.3 cm³/mol. The summed E-state index contributed by atoms with van der Waals surface area (Å²) in [6.07, 6.45) is 1.76. The van der Waals surface area contributed by atoms with Crippen LogP contribution in [0.25, 0.3) is 10.8 Å². The molecule has 3 N–H and O–H groups in total. The zero-order valence-electron chi connectivity index (χ0n) is 11.3. The van der Waals surface area contributed by atoms with E-state index in [0.29, 0.717) is 11.4 Å². The zero-order valence-corrected chi connectivity index (χ0v) is 12.9. The van der Waals surface area contributed by atoms with Crippen LogP contribution in [0.4, 0.5) is 21.5 Å². The fourth-order valence-electron chi connectivity index (χ4n) is 2.21. The summed E-state index contributed by atoms with van der Waals surface area (Å²) in [6.45, 7) is 1.92. The Morgan fingerprint density at radius 2 is 1.90 bits per heavy atom. The molecule has 0 unspecified atom stereocenters. The molecule has 3 aromatic rings. The number of pyridine rings is 1. The summed E-state index contributed by atoms with van der Waals surface area (Å²) in [7, 11) is 0. The first-order valence-electron chi connectivity index (χ1n) is 6.41. The van der Waals surface area contributed by atoms with Crippen molar-refractivity contribution in [1.29, 1.82) is 0 Å². The first-order valence-corrected chi connectivity index (χ1v) is 7.21. The topological polar surface area (TPSA) is 50.9 Å². The Bertz CT molecular complexity index is 833. The second kappa shape index (κ2) is 5.33. The standard InChI is InChI=1S/C16H13BrFN3/c1-9-6-11-12(8-20-9)14(19)4-5-15(11)21-16-7-10(18)2-3-13(16)17/h2-8,21H,19H2,1H3. The first-order chi connectivity index (χ1) is 10.0. The molecule has 0 radical (unpaired) electrons. The van der Waals surface area contributed by atoms with Crippen LogP contribution in [-0.2, 0) is 0 Å². The van der Waals surface area contributed by atoms with Crippen LogP contribution in [0.5, 0.6) is 0 Å². The van der Waals surface area contributed by atoms with E-state index in [1.54, 1.807) is 12.3 Å². The minimum Gasteiger partial charge on any atom is -0.398 e. The molecule has 5 heteroatoms. The van der Waals surface area contributed by atoms with E-state index in [1.807, 2.05) is 25.1 Å². The van der Waals surface area contributed by atoms with Gasteiger partial charge >= 0.3 is 0 Å². The number of hydrogen-bond acceptors (Lipinski definition) is 3. The van der Waals surface area contributed by atoms with Crippen LogP contribution in [0, 0.1) is 12.7 Å². The summed E-state index contributed by atoms with van der Waals surface area (Å²) in [5, 5.41) is 5.07. The maximum atomic E-state index is 13.4. The molecule has 0 fully saturated rings. The number of fused-ring (bicyclic) bond motifs is 1. The second-order valence-corrected chi connectivity index (χ2v) is 5.68. The van der Waals surface area contributed by atoms with E-state index >= 15 is 0 Å². The largest absolute Gasteiger partial charge is 0.398 e. The number of nitrogen functional groups attached to an aromatic ring is 1. The van der Waals surface area contributed by atoms with E-state index in [1.165, 1.54) is 12.1 Å². The molecule has 106 valence electrons. The van der Waals surface area contributed by atoms with Crippen LogP contribution in [-0.4, -0.2) is 4.98 Å². The molecule has 2 aromatic carbocycles. The molecule has 1 aromatic heterocycles. The highest BCUT2D eigenvalue weighted by Crippen LogP contribution is 2.33. The van der Waals surface area contributed by atoms with Crippen LogP contribution in [0.3, 0.4) is 0 Å². The van der Waals surface area contributed by atoms with Crippen molar-refractivity contribution < 1.29 is 4.39 Å². The lowest BCUT2D eigenvalue weighted by Gasteiger charge is -2.13. The number of hydrogen-bond donors (Lipinski definition) is 2. The van der Waals surface area contributed by atoms with Crippen molar-refractivity contribution in [3.05, 3.63) is 58.6 Å². The van der Waals surface area contributed by atoms with Gasteiger partial charge < -0.3 is 11.1 Å². The average Bonchev–Trinajstić information content (AvgIpc) is 2.46. The normalized spacial score (nSPS) is 10.8. The minimum absolute atomic E-state index is 0.293. The van der Waals surface area contributed by atoms with Gasteiger partial charge in [0.15, 0.2) is 0 Å². The smallest absolute Gasteiger partial charge is 0.125 e. The van der Waals surface area contributed by atoms with Crippen molar-refractivity contribution in [3.8, 4) is 0 Å². The number of nitrogens with one attached hydrogen (secondary N) is 1. The van der Waals surface area contributed by atoms with Crippen LogP contribution in [0.2, 0.25) is 0 Å². The Balaban J connectivity index is 2.14. The van der Waals surface area contributed by atoms with E-state index in [2.05, 4.69) is 26.2 Å². The van der Waals surface area contributed by atoms with E-state index in [4.69, 9.17) is 5.73 Å². The van der Waals surface area contributed by atoms with Gasteiger partial charge in [-0.1, -0.05) is 0 Å². The molecule has 0 aliphatic rings. The van der Waals surface area contributed by atoms with Gasteiger partial charge in [-0.2, -0.15) is 0 Å². The van der Waals surface area contributed by atoms with E-state index in [9.17, 15) is 4.39 Å². The molecule has 0 aliphatic heterocycles. The monoisotopic (exact) mass is 345 g/mol. The van der Waals surface area contributed by atoms with Gasteiger partial charge in [-0.15, -0.1) is 0 Å². The third-order valence-electron chi connectivity index (χ3n) is 3.27. The molecule has 0 bridgehead atoms. The van der Waals surface area contributed by atoms with Crippen molar-refractivity contribution in [1.82, 2.24) is 4.98 Å². The van der Waals surface area contributed by atoms with E-state index in [0.717, 1.165) is 26.6 Å². The molecular weight excluding hydrogens is 333 g/mol. The molecule has 1 heterocycles. The maximum Gasteiger partial charge on any atom is 0.125 e. The van der Waals surface area contributed by atoms with Crippen molar-refractivity contribution in [3.63, 3.8) is 0 Å². The second-order valence-electron chi connectivity index (χ2n) is 4.82. The van der Waals surface area contributed by atoms with Gasteiger partial charge in [-0.3, -0.25) is 4.98 Å². The number of aromatic nitrogens is 1. The number of nitrogens with zero attached hydrogens (tertiary/aromatic N) is 1. The van der Waals surface area contributed by atoms with Gasteiger partial charge in [0, 0.05) is 38.5 Å². The van der Waals surface area contributed by atoms with Gasteiger partial charge in [-0.25, -0.2) is 4.39 Å². The number of aryl methyl sites for hydroxylation is 1. The molecule has 0 saturated heterocycles. The Morgan fingerprint density at radius 1 is 1.10 bits per heavy atom. The van der Waals surface area contributed by atoms with Crippen LogP contribution in [0.1, 0.15) is 5.69 Å². The summed E-state index contributed by atoms with van der Waals surface area (Å²) in [4.78, 5) is 4.27. The molecule has 0 aliphatic carbocycles. The van der Waals surface area contributed by atoms with Gasteiger partial charge in [0.1, 0.15) is 5.82 Å². The lowest BCUT2D eigenvalue weighted by molar-refractivity contribution is 0.628. The Morgan fingerprint density at radius 3 is 2.71 bits per heavy atom. The average molecular weight is 346 g/mol. The molecular formula is C16H13BrFN3. The number of benzene rings is 2. The minimum atomic E-state index is -0.293. The lowest BCUT2D eigenvalue weighted by atomic mass is 10.1. The van der Waals surface area contributed by atoms with Gasteiger partial charge in [0.2, 0.25) is 0 Å². The molecule has 0 atom stereocenters. The molecule has 21 heavy (non-hydrogen) atoms. The van der Waals surface area contributed by atoms with Crippen molar-refractivity contribution in [2.75, 3.05) is 11.1 Å². The molecule has 0 spiro atoms. The summed E-state index contributed by atoms with van der Waals surface area (Å²) in [5.41, 5.74) is 9.07. The Labute approximate surface area is 130 Å². The van der Waals surface area contributed by atoms with Crippen molar-refractivity contribution in [2.45, 2.75) is 6.92 Å². The highest BCUT2D eigenvalue weighted by molar-refractivity contribution is 9.10. The van der Waals surface area contributed by atoms with Crippen LogP contribution >= 0.6 is 15.9 Å². The highest BCUT2D eigenvalue weighted by Gasteiger charge is 2.08. The summed E-state index contributed by atoms with van der Waals surface area (Å²) < 4.78 is 14.2. The van der Waals surface area contributed by atoms with E-state index in [-0.39, 0.29) is 5.82 Å². The lowest BCUT2D eigenvalue weighted by Crippen LogP contribution is -1.96. The highest BCUT2D eigenvalue weighted by atomic mass is 79.9. The number of anilines is 3.